The van der Waals surface area contributed by atoms with E-state index in [9.17, 15) is 4.79 Å². The van der Waals surface area contributed by atoms with Crippen LogP contribution in [0, 0.1) is 5.92 Å². The Morgan fingerprint density at radius 1 is 1.43 bits per heavy atom. The first-order valence-corrected chi connectivity index (χ1v) is 5.45. The Balaban J connectivity index is 2.03. The molecule has 1 fully saturated rings. The molecule has 2 amide bonds. The zero-order valence-corrected chi connectivity index (χ0v) is 8.88. The summed E-state index contributed by atoms with van der Waals surface area (Å²) in [5, 5.41) is 6.01. The minimum absolute atomic E-state index is 0.441. The number of carbonyl (C=O) groups is 1. The van der Waals surface area contributed by atoms with E-state index >= 15 is 0 Å². The maximum atomic E-state index is 10.4. The maximum Gasteiger partial charge on any atom is 0.312 e. The standard InChI is InChI=1S/C10H21N3O/c1-8-3-2-4-9(7-8)12-5-6-13-10(11)14/h8-9,12H,2-7H2,1H3,(H3,11,13,14). The second kappa shape index (κ2) is 5.86. The molecule has 82 valence electrons. The average Bonchev–Trinajstić information content (AvgIpc) is 2.12. The van der Waals surface area contributed by atoms with Gasteiger partial charge in [-0.05, 0) is 18.8 Å². The third-order valence-electron chi connectivity index (χ3n) is 2.79. The Hall–Kier alpha value is -0.770. The first-order chi connectivity index (χ1) is 6.68. The number of amides is 2. The fraction of sp³-hybridized carbons (Fsp3) is 0.900. The van der Waals surface area contributed by atoms with Crippen LogP contribution >= 0.6 is 0 Å². The molecular weight excluding hydrogens is 178 g/mol. The Bertz CT molecular complexity index is 184. The molecule has 4 nitrogen and oxygen atoms in total. The van der Waals surface area contributed by atoms with Crippen LogP contribution in [0.15, 0.2) is 0 Å². The molecule has 4 heteroatoms. The molecule has 0 aliphatic heterocycles. The molecule has 0 radical (unpaired) electrons. The Morgan fingerprint density at radius 2 is 2.21 bits per heavy atom. The Morgan fingerprint density at radius 3 is 2.86 bits per heavy atom. The van der Waals surface area contributed by atoms with Crippen LogP contribution in [0.1, 0.15) is 32.6 Å². The predicted octanol–water partition coefficient (Wildman–Crippen LogP) is 0.823. The molecule has 14 heavy (non-hydrogen) atoms. The number of nitrogens with one attached hydrogen (secondary N) is 2. The Labute approximate surface area is 85.6 Å². The summed E-state index contributed by atoms with van der Waals surface area (Å²) in [6, 6.07) is 0.192. The fourth-order valence-corrected chi connectivity index (χ4v) is 2.08. The molecule has 0 aromatic heterocycles. The predicted molar refractivity (Wildman–Crippen MR) is 57.0 cm³/mol. The summed E-state index contributed by atoms with van der Waals surface area (Å²) in [4.78, 5) is 10.4. The number of rotatable bonds is 4. The second-order valence-electron chi connectivity index (χ2n) is 4.21. The van der Waals surface area contributed by atoms with E-state index in [1.807, 2.05) is 0 Å². The molecule has 0 heterocycles. The van der Waals surface area contributed by atoms with Crippen molar-refractivity contribution in [3.63, 3.8) is 0 Å². The molecule has 0 aromatic rings. The second-order valence-corrected chi connectivity index (χ2v) is 4.21. The van der Waals surface area contributed by atoms with Crippen molar-refractivity contribution in [2.75, 3.05) is 13.1 Å². The molecule has 0 spiro atoms. The fourth-order valence-electron chi connectivity index (χ4n) is 2.08. The van der Waals surface area contributed by atoms with Crippen LogP contribution in [0.4, 0.5) is 4.79 Å². The van der Waals surface area contributed by atoms with E-state index in [1.54, 1.807) is 0 Å². The minimum atomic E-state index is -0.441. The van der Waals surface area contributed by atoms with Gasteiger partial charge in [0, 0.05) is 19.1 Å². The first-order valence-electron chi connectivity index (χ1n) is 5.45. The molecule has 1 rings (SSSR count). The summed E-state index contributed by atoms with van der Waals surface area (Å²) in [7, 11) is 0. The van der Waals surface area contributed by atoms with Crippen molar-refractivity contribution in [2.24, 2.45) is 11.7 Å². The van der Waals surface area contributed by atoms with Crippen molar-refractivity contribution in [1.82, 2.24) is 10.6 Å². The van der Waals surface area contributed by atoms with Gasteiger partial charge in [0.2, 0.25) is 0 Å². The summed E-state index contributed by atoms with van der Waals surface area (Å²) in [5.41, 5.74) is 4.96. The smallest absolute Gasteiger partial charge is 0.312 e. The lowest BCUT2D eigenvalue weighted by Crippen LogP contribution is -2.40. The normalized spacial score (nSPS) is 27.2. The lowest BCUT2D eigenvalue weighted by Gasteiger charge is -2.27. The van der Waals surface area contributed by atoms with E-state index in [0.29, 0.717) is 12.6 Å². The van der Waals surface area contributed by atoms with Gasteiger partial charge in [-0.15, -0.1) is 0 Å². The SMILES string of the molecule is CC1CCCC(NCCNC(N)=O)C1. The van der Waals surface area contributed by atoms with E-state index in [0.717, 1.165) is 12.5 Å². The first kappa shape index (κ1) is 11.3. The minimum Gasteiger partial charge on any atom is -0.352 e. The van der Waals surface area contributed by atoms with Gasteiger partial charge >= 0.3 is 6.03 Å². The number of primary amides is 1. The molecule has 1 aliphatic carbocycles. The highest BCUT2D eigenvalue weighted by Gasteiger charge is 2.17. The van der Waals surface area contributed by atoms with Crippen molar-refractivity contribution < 1.29 is 4.79 Å². The van der Waals surface area contributed by atoms with E-state index < -0.39 is 6.03 Å². The topological polar surface area (TPSA) is 67.2 Å². The Kier molecular flexibility index (Phi) is 4.73. The van der Waals surface area contributed by atoms with Gasteiger partial charge in [-0.25, -0.2) is 4.79 Å². The van der Waals surface area contributed by atoms with Gasteiger partial charge in [0.15, 0.2) is 0 Å². The van der Waals surface area contributed by atoms with Gasteiger partial charge in [0.05, 0.1) is 0 Å². The van der Waals surface area contributed by atoms with Crippen LogP contribution in [0.2, 0.25) is 0 Å². The van der Waals surface area contributed by atoms with Crippen LogP contribution in [0.5, 0.6) is 0 Å². The third kappa shape index (κ3) is 4.46. The van der Waals surface area contributed by atoms with Crippen molar-refractivity contribution in [1.29, 1.82) is 0 Å². The molecule has 0 bridgehead atoms. The summed E-state index contributed by atoms with van der Waals surface area (Å²) in [6.45, 7) is 3.75. The maximum absolute atomic E-state index is 10.4. The van der Waals surface area contributed by atoms with Gasteiger partial charge in [0.25, 0.3) is 0 Å². The molecule has 0 aromatic carbocycles. The van der Waals surface area contributed by atoms with Crippen LogP contribution in [0.3, 0.4) is 0 Å². The van der Waals surface area contributed by atoms with E-state index in [2.05, 4.69) is 17.6 Å². The highest BCUT2D eigenvalue weighted by Crippen LogP contribution is 2.23. The zero-order chi connectivity index (χ0) is 10.4. The van der Waals surface area contributed by atoms with E-state index in [1.165, 1.54) is 25.7 Å². The largest absolute Gasteiger partial charge is 0.352 e. The number of carbonyl (C=O) groups excluding carboxylic acids is 1. The molecule has 2 unspecified atom stereocenters. The number of urea groups is 1. The molecule has 0 saturated heterocycles. The van der Waals surface area contributed by atoms with Gasteiger partial charge < -0.3 is 16.4 Å². The summed E-state index contributed by atoms with van der Waals surface area (Å²) >= 11 is 0. The lowest BCUT2D eigenvalue weighted by atomic mass is 9.87. The van der Waals surface area contributed by atoms with Crippen LogP contribution in [-0.2, 0) is 0 Å². The average molecular weight is 199 g/mol. The van der Waals surface area contributed by atoms with Crippen molar-refractivity contribution >= 4 is 6.03 Å². The number of nitrogens with two attached hydrogens (primary N) is 1. The zero-order valence-electron chi connectivity index (χ0n) is 8.88. The molecule has 1 saturated carbocycles. The van der Waals surface area contributed by atoms with Gasteiger partial charge in [-0.3, -0.25) is 0 Å². The number of hydrogen-bond donors (Lipinski definition) is 3. The van der Waals surface area contributed by atoms with Crippen molar-refractivity contribution in [2.45, 2.75) is 38.6 Å². The summed E-state index contributed by atoms with van der Waals surface area (Å²) < 4.78 is 0. The summed E-state index contributed by atoms with van der Waals surface area (Å²) in [5.74, 6) is 0.838. The molecule has 2 atom stereocenters. The van der Waals surface area contributed by atoms with Gasteiger partial charge in [-0.1, -0.05) is 19.8 Å². The van der Waals surface area contributed by atoms with Gasteiger partial charge in [-0.2, -0.15) is 0 Å². The molecular formula is C10H21N3O. The van der Waals surface area contributed by atoms with Crippen LogP contribution in [-0.4, -0.2) is 25.2 Å². The quantitative estimate of drug-likeness (QED) is 0.587. The number of hydrogen-bond acceptors (Lipinski definition) is 2. The highest BCUT2D eigenvalue weighted by atomic mass is 16.2. The van der Waals surface area contributed by atoms with Crippen LogP contribution in [0.25, 0.3) is 0 Å². The van der Waals surface area contributed by atoms with Gasteiger partial charge in [0.1, 0.15) is 0 Å². The van der Waals surface area contributed by atoms with E-state index in [-0.39, 0.29) is 0 Å². The van der Waals surface area contributed by atoms with Crippen molar-refractivity contribution in [3.8, 4) is 0 Å². The monoisotopic (exact) mass is 199 g/mol. The summed E-state index contributed by atoms with van der Waals surface area (Å²) in [6.07, 6.45) is 5.21. The van der Waals surface area contributed by atoms with Crippen LogP contribution < -0.4 is 16.4 Å². The third-order valence-corrected chi connectivity index (χ3v) is 2.79. The lowest BCUT2D eigenvalue weighted by molar-refractivity contribution is 0.248. The molecule has 1 aliphatic rings. The highest BCUT2D eigenvalue weighted by molar-refractivity contribution is 5.71. The van der Waals surface area contributed by atoms with Crippen molar-refractivity contribution in [3.05, 3.63) is 0 Å². The molecule has 4 N–H and O–H groups in total. The van der Waals surface area contributed by atoms with E-state index in [4.69, 9.17) is 5.73 Å².